The molecule has 2 aromatic rings. The molecular formula is C15H13ClINO. The van der Waals surface area contributed by atoms with Gasteiger partial charge in [0.2, 0.25) is 0 Å². The number of aryl methyl sites for hydroxylation is 1. The second kappa shape index (κ2) is 5.92. The van der Waals surface area contributed by atoms with Gasteiger partial charge in [0.25, 0.3) is 5.91 Å². The van der Waals surface area contributed by atoms with Crippen LogP contribution in [0.2, 0.25) is 5.02 Å². The van der Waals surface area contributed by atoms with E-state index in [1.807, 2.05) is 38.1 Å². The zero-order valence-electron chi connectivity index (χ0n) is 10.6. The van der Waals surface area contributed by atoms with Gasteiger partial charge >= 0.3 is 0 Å². The van der Waals surface area contributed by atoms with E-state index in [9.17, 15) is 4.79 Å². The summed E-state index contributed by atoms with van der Waals surface area (Å²) in [4.78, 5) is 12.3. The van der Waals surface area contributed by atoms with Gasteiger partial charge in [-0.2, -0.15) is 0 Å². The van der Waals surface area contributed by atoms with Crippen molar-refractivity contribution < 1.29 is 4.79 Å². The number of halogens is 2. The molecule has 0 aliphatic rings. The van der Waals surface area contributed by atoms with Gasteiger partial charge < -0.3 is 5.32 Å². The van der Waals surface area contributed by atoms with Crippen LogP contribution >= 0.6 is 34.2 Å². The second-order valence-corrected chi connectivity index (χ2v) is 5.98. The molecule has 0 atom stereocenters. The fraction of sp³-hybridized carbons (Fsp3) is 0.133. The Morgan fingerprint density at radius 2 is 1.95 bits per heavy atom. The molecule has 0 aliphatic carbocycles. The van der Waals surface area contributed by atoms with Crippen LogP contribution in [0.1, 0.15) is 21.5 Å². The summed E-state index contributed by atoms with van der Waals surface area (Å²) >= 11 is 8.22. The van der Waals surface area contributed by atoms with E-state index < -0.39 is 0 Å². The van der Waals surface area contributed by atoms with Gasteiger partial charge in [0.1, 0.15) is 0 Å². The molecule has 0 radical (unpaired) electrons. The normalized spacial score (nSPS) is 10.3. The van der Waals surface area contributed by atoms with Crippen molar-refractivity contribution >= 4 is 45.8 Å². The monoisotopic (exact) mass is 385 g/mol. The number of rotatable bonds is 2. The molecule has 0 fully saturated rings. The van der Waals surface area contributed by atoms with E-state index in [-0.39, 0.29) is 5.91 Å². The minimum absolute atomic E-state index is 0.183. The molecule has 0 unspecified atom stereocenters. The molecule has 2 aromatic carbocycles. The first-order valence-corrected chi connectivity index (χ1v) is 7.27. The number of anilines is 1. The number of nitrogens with one attached hydrogen (secondary N) is 1. The molecule has 4 heteroatoms. The number of carbonyl (C=O) groups excluding carboxylic acids is 1. The third kappa shape index (κ3) is 3.28. The maximum absolute atomic E-state index is 12.3. The van der Waals surface area contributed by atoms with Crippen molar-refractivity contribution in [1.82, 2.24) is 0 Å². The molecule has 0 aromatic heterocycles. The van der Waals surface area contributed by atoms with Crippen LogP contribution in [0.25, 0.3) is 0 Å². The van der Waals surface area contributed by atoms with Gasteiger partial charge in [-0.1, -0.05) is 23.7 Å². The molecule has 0 spiro atoms. The van der Waals surface area contributed by atoms with Crippen LogP contribution in [-0.2, 0) is 0 Å². The molecule has 1 amide bonds. The summed E-state index contributed by atoms with van der Waals surface area (Å²) < 4.78 is 0.980. The highest BCUT2D eigenvalue weighted by molar-refractivity contribution is 14.1. The number of hydrogen-bond donors (Lipinski definition) is 1. The van der Waals surface area contributed by atoms with E-state index in [2.05, 4.69) is 27.9 Å². The lowest BCUT2D eigenvalue weighted by molar-refractivity contribution is 0.102. The molecule has 0 heterocycles. The van der Waals surface area contributed by atoms with Crippen molar-refractivity contribution in [1.29, 1.82) is 0 Å². The first-order valence-electron chi connectivity index (χ1n) is 5.81. The van der Waals surface area contributed by atoms with Crippen molar-refractivity contribution in [3.63, 3.8) is 0 Å². The van der Waals surface area contributed by atoms with Gasteiger partial charge in [0.05, 0.1) is 10.6 Å². The zero-order valence-corrected chi connectivity index (χ0v) is 13.5. The van der Waals surface area contributed by atoms with Gasteiger partial charge in [0, 0.05) is 9.26 Å². The molecule has 0 saturated heterocycles. The lowest BCUT2D eigenvalue weighted by Crippen LogP contribution is -2.13. The van der Waals surface area contributed by atoms with E-state index in [0.29, 0.717) is 10.6 Å². The van der Waals surface area contributed by atoms with E-state index in [1.165, 1.54) is 0 Å². The van der Waals surface area contributed by atoms with Crippen LogP contribution in [0, 0.1) is 17.4 Å². The van der Waals surface area contributed by atoms with Crippen LogP contribution in [0.5, 0.6) is 0 Å². The molecule has 2 rings (SSSR count). The van der Waals surface area contributed by atoms with Gasteiger partial charge in [0.15, 0.2) is 0 Å². The summed E-state index contributed by atoms with van der Waals surface area (Å²) in [7, 11) is 0. The Labute approximate surface area is 131 Å². The van der Waals surface area contributed by atoms with Gasteiger partial charge in [-0.15, -0.1) is 0 Å². The Morgan fingerprint density at radius 3 is 2.68 bits per heavy atom. The highest BCUT2D eigenvalue weighted by atomic mass is 127. The molecule has 1 N–H and O–H groups in total. The van der Waals surface area contributed by atoms with Crippen LogP contribution in [0.4, 0.5) is 5.69 Å². The molecule has 98 valence electrons. The van der Waals surface area contributed by atoms with Gasteiger partial charge in [-0.3, -0.25) is 4.79 Å². The zero-order chi connectivity index (χ0) is 14.0. The minimum Gasteiger partial charge on any atom is -0.322 e. The summed E-state index contributed by atoms with van der Waals surface area (Å²) in [6.07, 6.45) is 0. The number of amides is 1. The number of hydrogen-bond acceptors (Lipinski definition) is 1. The van der Waals surface area contributed by atoms with Crippen LogP contribution in [-0.4, -0.2) is 5.91 Å². The molecular weight excluding hydrogens is 373 g/mol. The Morgan fingerprint density at radius 1 is 1.21 bits per heavy atom. The van der Waals surface area contributed by atoms with E-state index >= 15 is 0 Å². The Hall–Kier alpha value is -1.07. The average molecular weight is 386 g/mol. The van der Waals surface area contributed by atoms with Crippen molar-refractivity contribution in [3.8, 4) is 0 Å². The third-order valence-electron chi connectivity index (χ3n) is 3.03. The molecule has 0 bridgehead atoms. The fourth-order valence-electron chi connectivity index (χ4n) is 1.75. The highest BCUT2D eigenvalue weighted by Gasteiger charge is 2.12. The Kier molecular flexibility index (Phi) is 4.47. The molecule has 19 heavy (non-hydrogen) atoms. The van der Waals surface area contributed by atoms with Crippen molar-refractivity contribution in [2.45, 2.75) is 13.8 Å². The Balaban J connectivity index is 2.31. The second-order valence-electron chi connectivity index (χ2n) is 4.33. The van der Waals surface area contributed by atoms with Crippen LogP contribution < -0.4 is 5.32 Å². The maximum atomic E-state index is 12.3. The minimum atomic E-state index is -0.183. The fourth-order valence-corrected chi connectivity index (χ4v) is 2.44. The number of carbonyl (C=O) groups is 1. The number of benzene rings is 2. The topological polar surface area (TPSA) is 29.1 Å². The van der Waals surface area contributed by atoms with Crippen molar-refractivity contribution in [2.24, 2.45) is 0 Å². The van der Waals surface area contributed by atoms with Crippen molar-refractivity contribution in [2.75, 3.05) is 5.32 Å². The summed E-state index contributed by atoms with van der Waals surface area (Å²) in [6, 6.07) is 11.2. The van der Waals surface area contributed by atoms with Crippen LogP contribution in [0.3, 0.4) is 0 Å². The van der Waals surface area contributed by atoms with Crippen molar-refractivity contribution in [3.05, 3.63) is 61.7 Å². The summed E-state index contributed by atoms with van der Waals surface area (Å²) in [6.45, 7) is 4.00. The summed E-state index contributed by atoms with van der Waals surface area (Å²) in [5.74, 6) is -0.183. The third-order valence-corrected chi connectivity index (χ3v) is 4.03. The first kappa shape index (κ1) is 14.3. The lowest BCUT2D eigenvalue weighted by Gasteiger charge is -2.11. The summed E-state index contributed by atoms with van der Waals surface area (Å²) in [5.41, 5.74) is 3.53. The summed E-state index contributed by atoms with van der Waals surface area (Å²) in [5, 5.41) is 3.37. The standard InChI is InChI=1S/C15H13ClINO/c1-9-4-3-5-14(10(9)2)18-15(19)12-8-11(17)6-7-13(12)16/h3-8H,1-2H3,(H,18,19). The maximum Gasteiger partial charge on any atom is 0.257 e. The smallest absolute Gasteiger partial charge is 0.257 e. The lowest BCUT2D eigenvalue weighted by atomic mass is 10.1. The molecule has 2 nitrogen and oxygen atoms in total. The van der Waals surface area contributed by atoms with Gasteiger partial charge in [-0.05, 0) is 71.8 Å². The van der Waals surface area contributed by atoms with E-state index in [4.69, 9.17) is 11.6 Å². The molecule has 0 saturated carbocycles. The predicted octanol–water partition coefficient (Wildman–Crippen LogP) is 4.81. The largest absolute Gasteiger partial charge is 0.322 e. The molecule has 0 aliphatic heterocycles. The van der Waals surface area contributed by atoms with E-state index in [1.54, 1.807) is 12.1 Å². The van der Waals surface area contributed by atoms with Gasteiger partial charge in [-0.25, -0.2) is 0 Å². The highest BCUT2D eigenvalue weighted by Crippen LogP contribution is 2.22. The van der Waals surface area contributed by atoms with Crippen LogP contribution in [0.15, 0.2) is 36.4 Å². The van der Waals surface area contributed by atoms with E-state index in [0.717, 1.165) is 20.4 Å². The SMILES string of the molecule is Cc1cccc(NC(=O)c2cc(I)ccc2Cl)c1C. The first-order chi connectivity index (χ1) is 8.99. The quantitative estimate of drug-likeness (QED) is 0.738. The average Bonchev–Trinajstić information content (AvgIpc) is 2.38. The Bertz CT molecular complexity index is 640. The predicted molar refractivity (Wildman–Crippen MR) is 88.0 cm³/mol.